The van der Waals surface area contributed by atoms with Gasteiger partial charge in [-0.25, -0.2) is 0 Å². The van der Waals surface area contributed by atoms with E-state index in [1.165, 1.54) is 51.4 Å². The smallest absolute Gasteiger partial charge is 0.0166 e. The Morgan fingerprint density at radius 2 is 1.20 bits per heavy atom. The molecular formula is C20H30. The van der Waals surface area contributed by atoms with Crippen LogP contribution in [0, 0.1) is 11.8 Å². The number of rotatable bonds is 5. The maximum absolute atomic E-state index is 3.92. The first kappa shape index (κ1) is 15.4. The molecule has 0 saturated heterocycles. The van der Waals surface area contributed by atoms with Crippen LogP contribution >= 0.6 is 0 Å². The van der Waals surface area contributed by atoms with E-state index in [-0.39, 0.29) is 0 Å². The van der Waals surface area contributed by atoms with E-state index in [0.29, 0.717) is 0 Å². The van der Waals surface area contributed by atoms with Crippen molar-refractivity contribution in [2.24, 2.45) is 11.8 Å². The molecule has 0 N–H and O–H groups in total. The lowest BCUT2D eigenvalue weighted by molar-refractivity contribution is 0.452. The Labute approximate surface area is 125 Å². The highest BCUT2D eigenvalue weighted by Crippen LogP contribution is 2.35. The molecule has 0 heterocycles. The molecule has 0 aromatic carbocycles. The average molecular weight is 270 g/mol. The van der Waals surface area contributed by atoms with Crippen molar-refractivity contribution in [2.45, 2.75) is 64.2 Å². The fraction of sp³-hybridized carbons (Fsp3) is 0.600. The lowest BCUT2D eigenvalue weighted by Crippen LogP contribution is -2.10. The summed E-state index contributed by atoms with van der Waals surface area (Å²) in [7, 11) is 0. The van der Waals surface area contributed by atoms with Crippen molar-refractivity contribution >= 4 is 0 Å². The van der Waals surface area contributed by atoms with Gasteiger partial charge in [-0.2, -0.15) is 0 Å². The van der Waals surface area contributed by atoms with Crippen LogP contribution in [0.1, 0.15) is 64.2 Å². The highest BCUT2D eigenvalue weighted by atomic mass is 14.2. The predicted molar refractivity (Wildman–Crippen MR) is 89.7 cm³/mol. The molecule has 2 saturated carbocycles. The summed E-state index contributed by atoms with van der Waals surface area (Å²) >= 11 is 0. The molecule has 2 unspecified atom stereocenters. The normalized spacial score (nSPS) is 31.4. The zero-order chi connectivity index (χ0) is 14.2. The van der Waals surface area contributed by atoms with E-state index in [0.717, 1.165) is 24.7 Å². The van der Waals surface area contributed by atoms with Gasteiger partial charge in [-0.05, 0) is 63.2 Å². The van der Waals surface area contributed by atoms with Crippen molar-refractivity contribution < 1.29 is 0 Å². The minimum Gasteiger partial charge on any atom is -0.103 e. The minimum atomic E-state index is 0.763. The average Bonchev–Trinajstić information content (AvgIpc) is 2.48. The third-order valence-electron chi connectivity index (χ3n) is 5.00. The van der Waals surface area contributed by atoms with Crippen molar-refractivity contribution in [3.63, 3.8) is 0 Å². The number of hydrogen-bond donors (Lipinski definition) is 0. The molecule has 2 fully saturated rings. The van der Waals surface area contributed by atoms with Gasteiger partial charge in [-0.3, -0.25) is 0 Å². The van der Waals surface area contributed by atoms with Crippen molar-refractivity contribution in [1.82, 2.24) is 0 Å². The fourth-order valence-electron chi connectivity index (χ4n) is 3.81. The third-order valence-corrected chi connectivity index (χ3v) is 5.00. The van der Waals surface area contributed by atoms with Gasteiger partial charge >= 0.3 is 0 Å². The lowest BCUT2D eigenvalue weighted by Gasteiger charge is -2.26. The molecule has 0 amide bonds. The Hall–Kier alpha value is -1.04. The van der Waals surface area contributed by atoms with Gasteiger partial charge in [0.05, 0.1) is 0 Å². The van der Waals surface area contributed by atoms with E-state index in [9.17, 15) is 0 Å². The van der Waals surface area contributed by atoms with Crippen LogP contribution in [-0.2, 0) is 0 Å². The van der Waals surface area contributed by atoms with Gasteiger partial charge in [0.25, 0.3) is 0 Å². The molecule has 0 spiro atoms. The second-order valence-corrected chi connectivity index (χ2v) is 6.42. The van der Waals surface area contributed by atoms with Gasteiger partial charge in [-0.15, -0.1) is 13.2 Å². The van der Waals surface area contributed by atoms with E-state index < -0.39 is 0 Å². The molecule has 0 heteroatoms. The summed E-state index contributed by atoms with van der Waals surface area (Å²) in [6, 6.07) is 0. The third kappa shape index (κ3) is 4.23. The fourth-order valence-corrected chi connectivity index (χ4v) is 3.81. The van der Waals surface area contributed by atoms with Gasteiger partial charge in [0.1, 0.15) is 0 Å². The molecule has 20 heavy (non-hydrogen) atoms. The topological polar surface area (TPSA) is 0 Å². The number of hydrogen-bond acceptors (Lipinski definition) is 0. The lowest BCUT2D eigenvalue weighted by atomic mass is 9.80. The van der Waals surface area contributed by atoms with Crippen LogP contribution < -0.4 is 0 Å². The second kappa shape index (κ2) is 8.29. The van der Waals surface area contributed by atoms with E-state index in [1.54, 1.807) is 11.1 Å². The summed E-state index contributed by atoms with van der Waals surface area (Å²) in [6.07, 6.45) is 22.3. The summed E-state index contributed by atoms with van der Waals surface area (Å²) in [6.45, 7) is 7.84. The first-order valence-electron chi connectivity index (χ1n) is 8.46. The Morgan fingerprint density at radius 1 is 0.750 bits per heavy atom. The highest BCUT2D eigenvalue weighted by molar-refractivity contribution is 5.23. The Kier molecular flexibility index (Phi) is 6.36. The largest absolute Gasteiger partial charge is 0.103 e. The van der Waals surface area contributed by atoms with E-state index >= 15 is 0 Å². The Bertz CT molecular complexity index is 345. The summed E-state index contributed by atoms with van der Waals surface area (Å²) in [4.78, 5) is 0. The molecule has 0 aromatic heterocycles. The highest BCUT2D eigenvalue weighted by Gasteiger charge is 2.19. The summed E-state index contributed by atoms with van der Waals surface area (Å²) < 4.78 is 0. The van der Waals surface area contributed by atoms with Crippen LogP contribution in [0.15, 0.2) is 48.6 Å². The molecule has 110 valence electrons. The van der Waals surface area contributed by atoms with Gasteiger partial charge < -0.3 is 0 Å². The molecule has 0 radical (unpaired) electrons. The van der Waals surface area contributed by atoms with E-state index in [1.807, 2.05) is 0 Å². The van der Waals surface area contributed by atoms with Crippen LogP contribution in [0.2, 0.25) is 0 Å². The molecular weight excluding hydrogens is 240 g/mol. The Morgan fingerprint density at radius 3 is 1.60 bits per heavy atom. The first-order valence-corrected chi connectivity index (χ1v) is 8.46. The van der Waals surface area contributed by atoms with Crippen LogP contribution in [0.4, 0.5) is 0 Å². The van der Waals surface area contributed by atoms with Crippen LogP contribution in [0.3, 0.4) is 0 Å². The summed E-state index contributed by atoms with van der Waals surface area (Å²) in [5.74, 6) is 1.53. The number of allylic oxidation sites excluding steroid dienone is 6. The van der Waals surface area contributed by atoms with Crippen molar-refractivity contribution in [3.8, 4) is 0 Å². The van der Waals surface area contributed by atoms with Gasteiger partial charge in [0.15, 0.2) is 0 Å². The molecule has 0 bridgehead atoms. The second-order valence-electron chi connectivity index (χ2n) is 6.42. The summed E-state index contributed by atoms with van der Waals surface area (Å²) in [5.41, 5.74) is 3.35. The SMILES string of the molecule is C=CCC1CCCCC1=CC=C1CCCCC1CC=C. The summed E-state index contributed by atoms with van der Waals surface area (Å²) in [5, 5.41) is 0. The molecule has 2 aliphatic rings. The minimum absolute atomic E-state index is 0.763. The monoisotopic (exact) mass is 270 g/mol. The van der Waals surface area contributed by atoms with E-state index in [4.69, 9.17) is 0 Å². The Balaban J connectivity index is 2.08. The van der Waals surface area contributed by atoms with Crippen LogP contribution in [-0.4, -0.2) is 0 Å². The van der Waals surface area contributed by atoms with Crippen LogP contribution in [0.25, 0.3) is 0 Å². The first-order chi connectivity index (χ1) is 9.85. The van der Waals surface area contributed by atoms with Crippen LogP contribution in [0.5, 0.6) is 0 Å². The van der Waals surface area contributed by atoms with Gasteiger partial charge in [0.2, 0.25) is 0 Å². The quantitative estimate of drug-likeness (QED) is 0.509. The van der Waals surface area contributed by atoms with Gasteiger partial charge in [0, 0.05) is 0 Å². The molecule has 0 aromatic rings. The van der Waals surface area contributed by atoms with E-state index in [2.05, 4.69) is 37.5 Å². The molecule has 2 atom stereocenters. The zero-order valence-electron chi connectivity index (χ0n) is 12.9. The molecule has 2 rings (SSSR count). The van der Waals surface area contributed by atoms with Crippen molar-refractivity contribution in [3.05, 3.63) is 48.6 Å². The molecule has 0 nitrogen and oxygen atoms in total. The standard InChI is InChI=1S/C20H30/c1-3-9-17-11-5-7-13-19(17)15-16-20-14-8-6-12-18(20)10-4-2/h3-4,15-18H,1-2,5-14H2. The maximum atomic E-state index is 3.92. The molecule has 2 aliphatic carbocycles. The predicted octanol–water partition coefficient (Wildman–Crippen LogP) is 6.37. The van der Waals surface area contributed by atoms with Gasteiger partial charge in [-0.1, -0.05) is 48.3 Å². The van der Waals surface area contributed by atoms with Crippen molar-refractivity contribution in [1.29, 1.82) is 0 Å². The zero-order valence-corrected chi connectivity index (χ0v) is 12.9. The maximum Gasteiger partial charge on any atom is -0.0166 e. The molecule has 0 aliphatic heterocycles. The van der Waals surface area contributed by atoms with Crippen molar-refractivity contribution in [2.75, 3.05) is 0 Å².